The molecule has 12 nitrogen and oxygen atoms in total. The number of nitrogens with zero attached hydrogens (tertiary/aromatic N) is 6. The predicted octanol–water partition coefficient (Wildman–Crippen LogP) is -1.15. The molecule has 2 saturated heterocycles. The van der Waals surface area contributed by atoms with Crippen molar-refractivity contribution in [3.05, 3.63) is 24.8 Å². The zero-order valence-electron chi connectivity index (χ0n) is 17.8. The van der Waals surface area contributed by atoms with Crippen LogP contribution in [0.2, 0.25) is 0 Å². The number of aromatic nitrogens is 5. The molecule has 170 valence electrons. The lowest BCUT2D eigenvalue weighted by Gasteiger charge is -2.18. The van der Waals surface area contributed by atoms with Gasteiger partial charge in [0.1, 0.15) is 30.0 Å². The van der Waals surface area contributed by atoms with Crippen LogP contribution in [0, 0.1) is 0 Å². The Bertz CT molecular complexity index is 1160. The van der Waals surface area contributed by atoms with Gasteiger partial charge in [-0.05, 0) is 26.1 Å². The third-order valence-corrected chi connectivity index (χ3v) is 6.14. The van der Waals surface area contributed by atoms with Crippen LogP contribution in [0.3, 0.4) is 0 Å². The summed E-state index contributed by atoms with van der Waals surface area (Å²) in [5.41, 5.74) is 7.85. The molecule has 5 heterocycles. The highest BCUT2D eigenvalue weighted by Crippen LogP contribution is 2.38. The van der Waals surface area contributed by atoms with E-state index in [4.69, 9.17) is 10.5 Å². The number of hydrogen-bond donors (Lipinski definition) is 4. The van der Waals surface area contributed by atoms with Crippen LogP contribution >= 0.6 is 0 Å². The van der Waals surface area contributed by atoms with Crippen LogP contribution in [-0.4, -0.2) is 89.8 Å². The lowest BCUT2D eigenvalue weighted by molar-refractivity contribution is -0.138. The number of carbonyl (C=O) groups excluding carboxylic acids is 1. The molecule has 2 fully saturated rings. The maximum absolute atomic E-state index is 12.8. The molecule has 0 radical (unpaired) electrons. The first-order chi connectivity index (χ1) is 15.3. The smallest absolute Gasteiger partial charge is 0.252 e. The van der Waals surface area contributed by atoms with Gasteiger partial charge >= 0.3 is 0 Å². The predicted molar refractivity (Wildman–Crippen MR) is 114 cm³/mol. The van der Waals surface area contributed by atoms with Gasteiger partial charge in [0.15, 0.2) is 12.3 Å². The quantitative estimate of drug-likeness (QED) is 0.392. The first-order valence-corrected chi connectivity index (χ1v) is 10.4. The third kappa shape index (κ3) is 3.41. The molecule has 3 aromatic rings. The minimum atomic E-state index is -1.39. The second-order valence-corrected chi connectivity index (χ2v) is 8.47. The van der Waals surface area contributed by atoms with E-state index in [1.165, 1.54) is 6.33 Å². The number of hydrogen-bond acceptors (Lipinski definition) is 9. The lowest BCUT2D eigenvalue weighted by Crippen LogP contribution is -2.47. The Morgan fingerprint density at radius 1 is 1.28 bits per heavy atom. The van der Waals surface area contributed by atoms with Crippen LogP contribution in [0.1, 0.15) is 12.6 Å². The Morgan fingerprint density at radius 2 is 2.09 bits per heavy atom. The summed E-state index contributed by atoms with van der Waals surface area (Å²) in [5.74, 6) is -0.197. The Hall–Kier alpha value is -3.06. The van der Waals surface area contributed by atoms with Crippen molar-refractivity contribution in [2.75, 3.05) is 25.9 Å². The first kappa shape index (κ1) is 20.8. The second kappa shape index (κ2) is 7.81. The number of fused-ring (bicyclic) bond motifs is 1. The Balaban J connectivity index is 1.47. The van der Waals surface area contributed by atoms with E-state index in [-0.39, 0.29) is 11.9 Å². The van der Waals surface area contributed by atoms with Crippen LogP contribution in [-0.2, 0) is 16.6 Å². The lowest BCUT2D eigenvalue weighted by atomic mass is 10.1. The first-order valence-electron chi connectivity index (χ1n) is 10.4. The van der Waals surface area contributed by atoms with Gasteiger partial charge in [0.2, 0.25) is 0 Å². The molecular formula is C20H26N8O4. The SMILES string of the molecule is CN1CC[C@@H](NC(=O)[C@H]2O[C@@H](n3cc(-c4ccn(C)n4)c4c(N)ncnc43)[C@H](O)[C@@H]2O)C1. The molecule has 0 spiro atoms. The van der Waals surface area contributed by atoms with Gasteiger partial charge in [-0.25, -0.2) is 9.97 Å². The van der Waals surface area contributed by atoms with Gasteiger partial charge in [-0.1, -0.05) is 0 Å². The molecule has 12 heteroatoms. The highest BCUT2D eigenvalue weighted by molar-refractivity contribution is 5.99. The summed E-state index contributed by atoms with van der Waals surface area (Å²) in [7, 11) is 3.78. The van der Waals surface area contributed by atoms with E-state index in [1.807, 2.05) is 13.1 Å². The van der Waals surface area contributed by atoms with E-state index >= 15 is 0 Å². The molecule has 0 unspecified atom stereocenters. The highest BCUT2D eigenvalue weighted by Gasteiger charge is 2.48. The van der Waals surface area contributed by atoms with Crippen molar-refractivity contribution in [1.29, 1.82) is 0 Å². The molecular weight excluding hydrogens is 416 g/mol. The minimum Gasteiger partial charge on any atom is -0.387 e. The molecule has 0 saturated carbocycles. The molecule has 5 N–H and O–H groups in total. The molecule has 0 bridgehead atoms. The summed E-state index contributed by atoms with van der Waals surface area (Å²) >= 11 is 0. The molecule has 5 rings (SSSR count). The van der Waals surface area contributed by atoms with E-state index < -0.39 is 30.4 Å². The van der Waals surface area contributed by atoms with Crippen molar-refractivity contribution in [3.8, 4) is 11.3 Å². The summed E-state index contributed by atoms with van der Waals surface area (Å²) in [6.07, 6.45) is 0.638. The maximum atomic E-state index is 12.8. The highest BCUT2D eigenvalue weighted by atomic mass is 16.6. The van der Waals surface area contributed by atoms with Crippen LogP contribution in [0.5, 0.6) is 0 Å². The number of nitrogens with one attached hydrogen (secondary N) is 1. The molecule has 3 aromatic heterocycles. The molecule has 0 aromatic carbocycles. The Labute approximate surface area is 183 Å². The minimum absolute atomic E-state index is 0.0183. The molecule has 32 heavy (non-hydrogen) atoms. The maximum Gasteiger partial charge on any atom is 0.252 e. The van der Waals surface area contributed by atoms with Crippen molar-refractivity contribution in [2.24, 2.45) is 7.05 Å². The molecule has 1 amide bonds. The number of likely N-dealkylation sites (tertiary alicyclic amines) is 1. The number of anilines is 1. The normalized spacial score (nSPS) is 28.6. The third-order valence-electron chi connectivity index (χ3n) is 6.14. The van der Waals surface area contributed by atoms with Gasteiger partial charge in [0.05, 0.1) is 11.1 Å². The number of aryl methyl sites for hydroxylation is 1. The number of aliphatic hydroxyl groups is 2. The summed E-state index contributed by atoms with van der Waals surface area (Å²) in [6, 6.07) is 1.80. The van der Waals surface area contributed by atoms with Gasteiger partial charge in [-0.15, -0.1) is 0 Å². The number of amides is 1. The van der Waals surface area contributed by atoms with Crippen molar-refractivity contribution < 1.29 is 19.7 Å². The van der Waals surface area contributed by atoms with Crippen molar-refractivity contribution in [3.63, 3.8) is 0 Å². The zero-order chi connectivity index (χ0) is 22.6. The Morgan fingerprint density at radius 3 is 2.78 bits per heavy atom. The molecule has 2 aliphatic rings. The fraction of sp³-hybridized carbons (Fsp3) is 0.500. The van der Waals surface area contributed by atoms with E-state index in [1.54, 1.807) is 28.7 Å². The summed E-state index contributed by atoms with van der Waals surface area (Å²) < 4.78 is 9.11. The number of nitrogens with two attached hydrogens (primary N) is 1. The fourth-order valence-corrected chi connectivity index (χ4v) is 4.50. The van der Waals surface area contributed by atoms with E-state index in [0.29, 0.717) is 22.3 Å². The Kier molecular flexibility index (Phi) is 5.08. The number of aliphatic hydroxyl groups excluding tert-OH is 2. The number of likely N-dealkylation sites (N-methyl/N-ethyl adjacent to an activating group) is 1. The number of carbonyl (C=O) groups is 1. The zero-order valence-corrected chi connectivity index (χ0v) is 17.8. The van der Waals surface area contributed by atoms with Crippen LogP contribution in [0.25, 0.3) is 22.3 Å². The van der Waals surface area contributed by atoms with Gasteiger partial charge in [-0.3, -0.25) is 9.48 Å². The van der Waals surface area contributed by atoms with Crippen LogP contribution in [0.15, 0.2) is 24.8 Å². The van der Waals surface area contributed by atoms with Crippen LogP contribution in [0.4, 0.5) is 5.82 Å². The monoisotopic (exact) mass is 442 g/mol. The van der Waals surface area contributed by atoms with Gasteiger partial charge in [0, 0.05) is 37.6 Å². The number of nitrogen functional groups attached to an aromatic ring is 1. The summed E-state index contributed by atoms with van der Waals surface area (Å²) in [4.78, 5) is 23.3. The van der Waals surface area contributed by atoms with Gasteiger partial charge in [-0.2, -0.15) is 5.10 Å². The summed E-state index contributed by atoms with van der Waals surface area (Å²) in [6.45, 7) is 1.61. The number of rotatable bonds is 4. The van der Waals surface area contributed by atoms with Crippen LogP contribution < -0.4 is 11.1 Å². The second-order valence-electron chi connectivity index (χ2n) is 8.47. The van der Waals surface area contributed by atoms with E-state index in [9.17, 15) is 15.0 Å². The molecule has 2 aliphatic heterocycles. The van der Waals surface area contributed by atoms with E-state index in [2.05, 4.69) is 25.3 Å². The van der Waals surface area contributed by atoms with Crippen molar-refractivity contribution in [1.82, 2.24) is 34.5 Å². The fourth-order valence-electron chi connectivity index (χ4n) is 4.50. The summed E-state index contributed by atoms with van der Waals surface area (Å²) in [5, 5.41) is 29.3. The molecule has 0 aliphatic carbocycles. The van der Waals surface area contributed by atoms with Gasteiger partial charge < -0.3 is 35.5 Å². The van der Waals surface area contributed by atoms with Gasteiger partial charge in [0.25, 0.3) is 5.91 Å². The standard InChI is InChI=1S/C20H26N8O4/c1-26-5-3-10(7-26)24-19(31)16-14(29)15(30)20(32-16)28-8-11(12-4-6-27(2)25-12)13-17(21)22-9-23-18(13)28/h4,6,8-10,14-16,20,29-30H,3,5,7H2,1-2H3,(H,24,31)(H2,21,22,23)/t10-,14+,15-,16+,20-/m1/s1. The van der Waals surface area contributed by atoms with E-state index in [0.717, 1.165) is 19.5 Å². The van der Waals surface area contributed by atoms with Crippen molar-refractivity contribution in [2.45, 2.75) is 37.0 Å². The topological polar surface area (TPSA) is 157 Å². The largest absolute Gasteiger partial charge is 0.387 e. The number of ether oxygens (including phenoxy) is 1. The van der Waals surface area contributed by atoms with Crippen molar-refractivity contribution >= 4 is 22.8 Å². The average Bonchev–Trinajstić information content (AvgIpc) is 3.51. The average molecular weight is 442 g/mol. The molecule has 5 atom stereocenters.